The van der Waals surface area contributed by atoms with Crippen LogP contribution in [0.4, 0.5) is 5.69 Å². The van der Waals surface area contributed by atoms with Gasteiger partial charge in [-0.2, -0.15) is 0 Å². The van der Waals surface area contributed by atoms with Gasteiger partial charge in [-0.05, 0) is 49.2 Å². The summed E-state index contributed by atoms with van der Waals surface area (Å²) in [5.74, 6) is -0.650. The number of hydrogen-bond donors (Lipinski definition) is 0. The molecule has 0 bridgehead atoms. The number of rotatable bonds is 4. The van der Waals surface area contributed by atoms with E-state index in [1.807, 2.05) is 32.0 Å². The Hall–Kier alpha value is -3.35. The third-order valence-electron chi connectivity index (χ3n) is 4.96. The first-order chi connectivity index (χ1) is 13.5. The molecule has 7 nitrogen and oxygen atoms in total. The van der Waals surface area contributed by atoms with E-state index < -0.39 is 17.9 Å². The summed E-state index contributed by atoms with van der Waals surface area (Å²) >= 11 is 0. The van der Waals surface area contributed by atoms with Crippen LogP contribution >= 0.6 is 0 Å². The van der Waals surface area contributed by atoms with Crippen LogP contribution in [-0.2, 0) is 14.4 Å². The maximum Gasteiger partial charge on any atom is 0.278 e. The zero-order valence-electron chi connectivity index (χ0n) is 16.1. The monoisotopic (exact) mass is 380 g/mol. The number of anilines is 1. The number of benzene rings is 2. The zero-order valence-corrected chi connectivity index (χ0v) is 16.1. The number of ether oxygens (including phenoxy) is 2. The minimum Gasteiger partial charge on any atom is -0.493 e. The molecule has 1 fully saturated rings. The molecule has 2 heterocycles. The fourth-order valence-electron chi connectivity index (χ4n) is 3.82. The molecular formula is C21H20N2O5. The third-order valence-corrected chi connectivity index (χ3v) is 4.96. The number of amides is 2. The Kier molecular flexibility index (Phi) is 4.30. The number of oxime groups is 1. The molecule has 0 aromatic heterocycles. The lowest BCUT2D eigenvalue weighted by Gasteiger charge is -2.17. The van der Waals surface area contributed by atoms with E-state index in [-0.39, 0.29) is 5.91 Å². The van der Waals surface area contributed by atoms with Crippen molar-refractivity contribution in [1.29, 1.82) is 0 Å². The van der Waals surface area contributed by atoms with E-state index in [1.54, 1.807) is 18.2 Å². The van der Waals surface area contributed by atoms with Gasteiger partial charge in [-0.25, -0.2) is 4.90 Å². The van der Waals surface area contributed by atoms with Crippen molar-refractivity contribution in [3.63, 3.8) is 0 Å². The molecule has 0 unspecified atom stereocenters. The van der Waals surface area contributed by atoms with Crippen LogP contribution in [0.2, 0.25) is 0 Å². The topological polar surface area (TPSA) is 77.4 Å². The lowest BCUT2D eigenvalue weighted by atomic mass is 9.93. The first-order valence-electron chi connectivity index (χ1n) is 8.87. The van der Waals surface area contributed by atoms with Crippen molar-refractivity contribution >= 4 is 23.2 Å². The summed E-state index contributed by atoms with van der Waals surface area (Å²) < 4.78 is 10.8. The molecule has 2 aromatic carbocycles. The molecule has 0 radical (unpaired) electrons. The summed E-state index contributed by atoms with van der Waals surface area (Å²) in [6, 6.07) is 10.9. The second kappa shape index (κ2) is 6.67. The van der Waals surface area contributed by atoms with Gasteiger partial charge in [-0.1, -0.05) is 17.3 Å². The molecular weight excluding hydrogens is 360 g/mol. The Morgan fingerprint density at radius 1 is 1.00 bits per heavy atom. The van der Waals surface area contributed by atoms with E-state index in [4.69, 9.17) is 14.3 Å². The predicted octanol–water partition coefficient (Wildman–Crippen LogP) is 2.61. The number of fused-ring (bicyclic) bond motifs is 1. The maximum atomic E-state index is 13.2. The number of hydrogen-bond acceptors (Lipinski definition) is 6. The Bertz CT molecular complexity index is 994. The third kappa shape index (κ3) is 2.62. The highest BCUT2D eigenvalue weighted by Crippen LogP contribution is 2.40. The maximum absolute atomic E-state index is 13.2. The predicted molar refractivity (Wildman–Crippen MR) is 103 cm³/mol. The molecule has 4 rings (SSSR count). The van der Waals surface area contributed by atoms with Gasteiger partial charge in [-0.3, -0.25) is 9.59 Å². The van der Waals surface area contributed by atoms with Crippen LogP contribution in [0.5, 0.6) is 11.5 Å². The van der Waals surface area contributed by atoms with Gasteiger partial charge in [0, 0.05) is 5.56 Å². The van der Waals surface area contributed by atoms with Crippen LogP contribution < -0.4 is 14.4 Å². The smallest absolute Gasteiger partial charge is 0.278 e. The molecule has 0 spiro atoms. The van der Waals surface area contributed by atoms with Gasteiger partial charge in [0.05, 0.1) is 19.9 Å². The number of methoxy groups -OCH3 is 2. The minimum atomic E-state index is -0.973. The molecule has 2 amide bonds. The van der Waals surface area contributed by atoms with Crippen molar-refractivity contribution in [3.05, 3.63) is 53.1 Å². The van der Waals surface area contributed by atoms with Gasteiger partial charge >= 0.3 is 0 Å². The first-order valence-corrected chi connectivity index (χ1v) is 8.87. The molecule has 2 aliphatic rings. The molecule has 28 heavy (non-hydrogen) atoms. The number of para-hydroxylation sites is 1. The molecule has 2 atom stereocenters. The Morgan fingerprint density at radius 3 is 2.36 bits per heavy atom. The highest BCUT2D eigenvalue weighted by atomic mass is 16.7. The molecule has 1 saturated heterocycles. The Labute approximate surface area is 162 Å². The first kappa shape index (κ1) is 18.0. The van der Waals surface area contributed by atoms with Crippen molar-refractivity contribution in [1.82, 2.24) is 0 Å². The second-order valence-electron chi connectivity index (χ2n) is 6.88. The number of carbonyl (C=O) groups excluding carboxylic acids is 2. The summed E-state index contributed by atoms with van der Waals surface area (Å²) in [5, 5.41) is 4.05. The van der Waals surface area contributed by atoms with Crippen LogP contribution in [0.15, 0.2) is 41.6 Å². The minimum absolute atomic E-state index is 0.360. The van der Waals surface area contributed by atoms with E-state index in [1.165, 1.54) is 19.1 Å². The number of imide groups is 1. The summed E-state index contributed by atoms with van der Waals surface area (Å²) in [5.41, 5.74) is 3.42. The number of carbonyl (C=O) groups is 2. The molecule has 0 N–H and O–H groups in total. The largest absolute Gasteiger partial charge is 0.493 e. The summed E-state index contributed by atoms with van der Waals surface area (Å²) in [7, 11) is 3.04. The quantitative estimate of drug-likeness (QED) is 0.762. The fourth-order valence-corrected chi connectivity index (χ4v) is 3.82. The number of nitrogens with zero attached hydrogens (tertiary/aromatic N) is 2. The highest BCUT2D eigenvalue weighted by Gasteiger charge is 2.56. The van der Waals surface area contributed by atoms with Gasteiger partial charge in [0.25, 0.3) is 5.91 Å². The molecule has 7 heteroatoms. The van der Waals surface area contributed by atoms with E-state index in [0.29, 0.717) is 28.5 Å². The van der Waals surface area contributed by atoms with E-state index in [9.17, 15) is 9.59 Å². The van der Waals surface area contributed by atoms with Gasteiger partial charge in [0.1, 0.15) is 11.6 Å². The number of aryl methyl sites for hydroxylation is 2. The average molecular weight is 380 g/mol. The second-order valence-corrected chi connectivity index (χ2v) is 6.88. The van der Waals surface area contributed by atoms with Crippen LogP contribution in [0, 0.1) is 19.8 Å². The average Bonchev–Trinajstić information content (AvgIpc) is 3.20. The molecule has 144 valence electrons. The fraction of sp³-hybridized carbons (Fsp3) is 0.286. The van der Waals surface area contributed by atoms with Crippen molar-refractivity contribution in [2.75, 3.05) is 19.1 Å². The molecule has 0 aliphatic carbocycles. The van der Waals surface area contributed by atoms with Crippen molar-refractivity contribution in [2.24, 2.45) is 11.1 Å². The SMILES string of the molecule is COc1cccc(C2=NO[C@H]3C(=O)N(c4cc(C)cc(C)c4)C(=O)[C@@H]23)c1OC. The summed E-state index contributed by atoms with van der Waals surface area (Å²) in [6.45, 7) is 3.85. The van der Waals surface area contributed by atoms with Crippen LogP contribution in [0.3, 0.4) is 0 Å². The van der Waals surface area contributed by atoms with E-state index >= 15 is 0 Å². The summed E-state index contributed by atoms with van der Waals surface area (Å²) in [4.78, 5) is 32.7. The zero-order chi connectivity index (χ0) is 20.0. The van der Waals surface area contributed by atoms with Gasteiger partial charge in [0.2, 0.25) is 12.0 Å². The molecule has 0 saturated carbocycles. The van der Waals surface area contributed by atoms with E-state index in [2.05, 4.69) is 5.16 Å². The van der Waals surface area contributed by atoms with Gasteiger partial charge in [0.15, 0.2) is 11.5 Å². The lowest BCUT2D eigenvalue weighted by Crippen LogP contribution is -2.33. The standard InChI is InChI=1S/C21H20N2O5/c1-11-8-12(2)10-13(9-11)23-20(24)16-17(22-28-19(16)21(23)25)14-6-5-7-15(26-3)18(14)27-4/h5-10,16,19H,1-4H3/t16-,19+/m0/s1. The normalized spacial score (nSPS) is 20.7. The van der Waals surface area contributed by atoms with Crippen molar-refractivity contribution < 1.29 is 23.9 Å². The van der Waals surface area contributed by atoms with Gasteiger partial charge in [-0.15, -0.1) is 0 Å². The Balaban J connectivity index is 1.76. The molecule has 2 aromatic rings. The van der Waals surface area contributed by atoms with Crippen molar-refractivity contribution in [2.45, 2.75) is 20.0 Å². The van der Waals surface area contributed by atoms with Crippen LogP contribution in [0.1, 0.15) is 16.7 Å². The molecule has 2 aliphatic heterocycles. The highest BCUT2D eigenvalue weighted by molar-refractivity contribution is 6.32. The van der Waals surface area contributed by atoms with Crippen LogP contribution in [-0.4, -0.2) is 37.8 Å². The van der Waals surface area contributed by atoms with Crippen LogP contribution in [0.25, 0.3) is 0 Å². The lowest BCUT2D eigenvalue weighted by molar-refractivity contribution is -0.126. The van der Waals surface area contributed by atoms with Crippen molar-refractivity contribution in [3.8, 4) is 11.5 Å². The Morgan fingerprint density at radius 2 is 1.71 bits per heavy atom. The van der Waals surface area contributed by atoms with E-state index in [0.717, 1.165) is 11.1 Å². The summed E-state index contributed by atoms with van der Waals surface area (Å²) in [6.07, 6.45) is -0.973. The van der Waals surface area contributed by atoms with Gasteiger partial charge < -0.3 is 14.3 Å².